The van der Waals surface area contributed by atoms with E-state index in [9.17, 15) is 14.4 Å². The van der Waals surface area contributed by atoms with Crippen molar-refractivity contribution >= 4 is 18.1 Å². The number of piperidine rings is 1. The van der Waals surface area contributed by atoms with Crippen LogP contribution in [0.15, 0.2) is 30.3 Å². The van der Waals surface area contributed by atoms with Crippen LogP contribution in [0.2, 0.25) is 0 Å². The van der Waals surface area contributed by atoms with Crippen molar-refractivity contribution in [1.29, 1.82) is 0 Å². The highest BCUT2D eigenvalue weighted by Crippen LogP contribution is 2.21. The molecule has 1 fully saturated rings. The van der Waals surface area contributed by atoms with Crippen LogP contribution < -0.4 is 0 Å². The molecular formula is C18H24N2O5. The van der Waals surface area contributed by atoms with Crippen molar-refractivity contribution in [2.75, 3.05) is 26.7 Å². The molecular weight excluding hydrogens is 324 g/mol. The monoisotopic (exact) mass is 348 g/mol. The summed E-state index contributed by atoms with van der Waals surface area (Å²) in [5.41, 5.74) is 0.928. The van der Waals surface area contributed by atoms with Gasteiger partial charge in [0.05, 0.1) is 7.11 Å². The number of hydrogen-bond acceptors (Lipinski definition) is 5. The number of nitrogens with zero attached hydrogens (tertiary/aromatic N) is 2. The Kier molecular flexibility index (Phi) is 6.80. The third-order valence-corrected chi connectivity index (χ3v) is 4.28. The standard InChI is InChI=1S/C18H24N2O5/c1-3-20(18(23)24-2)16(21)15-9-11-19(12-10-15)17(22)25-13-14-7-5-4-6-8-14/h4-8,15H,3,9-13H2,1-2H3. The van der Waals surface area contributed by atoms with Gasteiger partial charge in [-0.1, -0.05) is 30.3 Å². The van der Waals surface area contributed by atoms with Gasteiger partial charge in [0, 0.05) is 25.6 Å². The van der Waals surface area contributed by atoms with Crippen molar-refractivity contribution in [3.8, 4) is 0 Å². The first-order valence-corrected chi connectivity index (χ1v) is 8.41. The molecule has 25 heavy (non-hydrogen) atoms. The number of benzene rings is 1. The summed E-state index contributed by atoms with van der Waals surface area (Å²) in [5.74, 6) is -0.524. The van der Waals surface area contributed by atoms with E-state index in [1.807, 2.05) is 30.3 Å². The molecule has 136 valence electrons. The maximum absolute atomic E-state index is 12.4. The number of ether oxygens (including phenoxy) is 2. The van der Waals surface area contributed by atoms with Crippen molar-refractivity contribution in [2.45, 2.75) is 26.4 Å². The van der Waals surface area contributed by atoms with E-state index in [-0.39, 0.29) is 31.1 Å². The van der Waals surface area contributed by atoms with Crippen LogP contribution in [0.4, 0.5) is 9.59 Å². The van der Waals surface area contributed by atoms with Gasteiger partial charge in [0.1, 0.15) is 6.61 Å². The van der Waals surface area contributed by atoms with E-state index >= 15 is 0 Å². The summed E-state index contributed by atoms with van der Waals surface area (Å²) in [6.45, 7) is 3.09. The number of likely N-dealkylation sites (tertiary alicyclic amines) is 1. The quantitative estimate of drug-likeness (QED) is 0.836. The summed E-state index contributed by atoms with van der Waals surface area (Å²) in [7, 11) is 1.25. The SMILES string of the molecule is CCN(C(=O)OC)C(=O)C1CCN(C(=O)OCc2ccccc2)CC1. The number of amides is 3. The number of carbonyl (C=O) groups is 3. The topological polar surface area (TPSA) is 76.2 Å². The molecule has 1 heterocycles. The molecule has 7 heteroatoms. The number of imide groups is 1. The second-order valence-electron chi connectivity index (χ2n) is 5.85. The Bertz CT molecular complexity index is 597. The van der Waals surface area contributed by atoms with E-state index in [0.29, 0.717) is 25.9 Å². The van der Waals surface area contributed by atoms with Crippen LogP contribution >= 0.6 is 0 Å². The molecule has 0 radical (unpaired) electrons. The Hall–Kier alpha value is -2.57. The normalized spacial score (nSPS) is 14.7. The summed E-state index contributed by atoms with van der Waals surface area (Å²) in [6, 6.07) is 9.47. The van der Waals surface area contributed by atoms with Crippen molar-refractivity contribution < 1.29 is 23.9 Å². The molecule has 0 saturated carbocycles. The largest absolute Gasteiger partial charge is 0.452 e. The van der Waals surface area contributed by atoms with Crippen LogP contribution in [-0.2, 0) is 20.9 Å². The van der Waals surface area contributed by atoms with Crippen molar-refractivity contribution in [3.05, 3.63) is 35.9 Å². The Morgan fingerprint density at radius 3 is 2.36 bits per heavy atom. The minimum Gasteiger partial charge on any atom is -0.452 e. The zero-order valence-electron chi connectivity index (χ0n) is 14.6. The molecule has 0 aromatic heterocycles. The van der Waals surface area contributed by atoms with Gasteiger partial charge in [-0.2, -0.15) is 0 Å². The van der Waals surface area contributed by atoms with Gasteiger partial charge < -0.3 is 14.4 Å². The van der Waals surface area contributed by atoms with Crippen molar-refractivity contribution in [1.82, 2.24) is 9.80 Å². The van der Waals surface area contributed by atoms with Crippen molar-refractivity contribution in [2.24, 2.45) is 5.92 Å². The number of carbonyl (C=O) groups excluding carboxylic acids is 3. The second kappa shape index (κ2) is 9.05. The molecule has 0 spiro atoms. The van der Waals surface area contributed by atoms with Gasteiger partial charge in [-0.05, 0) is 25.3 Å². The lowest BCUT2D eigenvalue weighted by Crippen LogP contribution is -2.46. The second-order valence-corrected chi connectivity index (χ2v) is 5.85. The van der Waals surface area contributed by atoms with E-state index in [1.165, 1.54) is 7.11 Å². The first-order valence-electron chi connectivity index (χ1n) is 8.41. The first-order chi connectivity index (χ1) is 12.1. The highest BCUT2D eigenvalue weighted by Gasteiger charge is 2.32. The van der Waals surface area contributed by atoms with Crippen molar-refractivity contribution in [3.63, 3.8) is 0 Å². The molecule has 0 unspecified atom stereocenters. The minimum absolute atomic E-state index is 0.227. The van der Waals surface area contributed by atoms with E-state index in [1.54, 1.807) is 11.8 Å². The molecule has 1 aliphatic rings. The number of hydrogen-bond donors (Lipinski definition) is 0. The van der Waals surface area contributed by atoms with Crippen LogP contribution in [0.25, 0.3) is 0 Å². The summed E-state index contributed by atoms with van der Waals surface area (Å²) < 4.78 is 9.94. The third-order valence-electron chi connectivity index (χ3n) is 4.28. The molecule has 3 amide bonds. The zero-order chi connectivity index (χ0) is 18.2. The van der Waals surface area contributed by atoms with Crippen LogP contribution in [0.5, 0.6) is 0 Å². The maximum atomic E-state index is 12.4. The lowest BCUT2D eigenvalue weighted by atomic mass is 9.95. The number of rotatable bonds is 4. The third kappa shape index (κ3) is 4.95. The van der Waals surface area contributed by atoms with Crippen LogP contribution in [-0.4, -0.2) is 54.6 Å². The van der Waals surface area contributed by atoms with E-state index < -0.39 is 6.09 Å². The Morgan fingerprint density at radius 2 is 1.80 bits per heavy atom. The van der Waals surface area contributed by atoms with Crippen LogP contribution in [0.1, 0.15) is 25.3 Å². The molecule has 7 nitrogen and oxygen atoms in total. The maximum Gasteiger partial charge on any atom is 0.416 e. The molecule has 0 atom stereocenters. The fraction of sp³-hybridized carbons (Fsp3) is 0.500. The zero-order valence-corrected chi connectivity index (χ0v) is 14.6. The minimum atomic E-state index is -0.641. The Labute approximate surface area is 147 Å². The highest BCUT2D eigenvalue weighted by atomic mass is 16.6. The summed E-state index contributed by atoms with van der Waals surface area (Å²) in [4.78, 5) is 38.9. The lowest BCUT2D eigenvalue weighted by Gasteiger charge is -2.32. The molecule has 0 N–H and O–H groups in total. The van der Waals surface area contributed by atoms with E-state index in [4.69, 9.17) is 4.74 Å². The Morgan fingerprint density at radius 1 is 1.16 bits per heavy atom. The molecule has 1 aromatic carbocycles. The lowest BCUT2D eigenvalue weighted by molar-refractivity contribution is -0.134. The van der Waals surface area contributed by atoms with Crippen LogP contribution in [0.3, 0.4) is 0 Å². The first kappa shape index (κ1) is 18.8. The predicted octanol–water partition coefficient (Wildman–Crippen LogP) is 2.65. The van der Waals surface area contributed by atoms with Gasteiger partial charge in [-0.25, -0.2) is 14.5 Å². The molecule has 1 aliphatic heterocycles. The fourth-order valence-corrected chi connectivity index (χ4v) is 2.83. The Balaban J connectivity index is 1.81. The smallest absolute Gasteiger partial charge is 0.416 e. The van der Waals surface area contributed by atoms with Gasteiger partial charge >= 0.3 is 12.2 Å². The van der Waals surface area contributed by atoms with Crippen LogP contribution in [0, 0.1) is 5.92 Å². The van der Waals surface area contributed by atoms with E-state index in [2.05, 4.69) is 4.74 Å². The van der Waals surface area contributed by atoms with E-state index in [0.717, 1.165) is 10.5 Å². The van der Waals surface area contributed by atoms with Gasteiger partial charge in [0.15, 0.2) is 0 Å². The average molecular weight is 348 g/mol. The molecule has 0 aliphatic carbocycles. The molecule has 1 aromatic rings. The summed E-state index contributed by atoms with van der Waals surface area (Å²) >= 11 is 0. The molecule has 1 saturated heterocycles. The molecule has 2 rings (SSSR count). The predicted molar refractivity (Wildman–Crippen MR) is 90.7 cm³/mol. The highest BCUT2D eigenvalue weighted by molar-refractivity contribution is 5.93. The number of methoxy groups -OCH3 is 1. The average Bonchev–Trinajstić information content (AvgIpc) is 2.67. The fourth-order valence-electron chi connectivity index (χ4n) is 2.83. The van der Waals surface area contributed by atoms with Gasteiger partial charge in [0.2, 0.25) is 5.91 Å². The summed E-state index contributed by atoms with van der Waals surface area (Å²) in [5, 5.41) is 0. The summed E-state index contributed by atoms with van der Waals surface area (Å²) in [6.07, 6.45) is -0.00763. The van der Waals surface area contributed by atoms with Gasteiger partial charge in [-0.15, -0.1) is 0 Å². The molecule has 0 bridgehead atoms. The van der Waals surface area contributed by atoms with Gasteiger partial charge in [0.25, 0.3) is 0 Å². The van der Waals surface area contributed by atoms with Gasteiger partial charge in [-0.3, -0.25) is 4.79 Å².